The van der Waals surface area contributed by atoms with E-state index in [-0.39, 0.29) is 6.29 Å². The van der Waals surface area contributed by atoms with Gasteiger partial charge in [0.25, 0.3) is 0 Å². The van der Waals surface area contributed by atoms with Crippen LogP contribution >= 0.6 is 9.47 Å². The van der Waals surface area contributed by atoms with Gasteiger partial charge in [-0.05, 0) is 0 Å². The second kappa shape index (κ2) is 6.37. The summed E-state index contributed by atoms with van der Waals surface area (Å²) in [5.74, 6) is 0. The highest BCUT2D eigenvalue weighted by Gasteiger charge is 2.30. The fourth-order valence-electron chi connectivity index (χ4n) is 0.723. The molecule has 0 saturated carbocycles. The number of aldehydes is 1. The molecule has 0 aromatic carbocycles. The third-order valence-electron chi connectivity index (χ3n) is 1.56. The Balaban J connectivity index is 4.21. The molecule has 0 radical (unpaired) electrons. The van der Waals surface area contributed by atoms with Crippen molar-refractivity contribution in [3.05, 3.63) is 0 Å². The van der Waals surface area contributed by atoms with Crippen LogP contribution < -0.4 is 0 Å². The fraction of sp³-hybridized carbons (Fsp3) is 0.833. The topological polar surface area (TPSA) is 107 Å². The number of rotatable bonds is 6. The minimum absolute atomic E-state index is 0.283. The summed E-state index contributed by atoms with van der Waals surface area (Å²) < 4.78 is 4.42. The highest BCUT2D eigenvalue weighted by atomic mass is 31.0. The van der Waals surface area contributed by atoms with Crippen molar-refractivity contribution in [2.24, 2.45) is 0 Å². The molecule has 0 bridgehead atoms. The quantitative estimate of drug-likeness (QED) is 0.285. The molecular formula is C6H13O6P. The smallest absolute Gasteiger partial charge is 0.151 e. The summed E-state index contributed by atoms with van der Waals surface area (Å²) in [5.41, 5.74) is 0. The van der Waals surface area contributed by atoms with Gasteiger partial charge in [-0.3, -0.25) is 0 Å². The van der Waals surface area contributed by atoms with Crippen LogP contribution in [0.25, 0.3) is 0 Å². The average Bonchev–Trinajstić information content (AvgIpc) is 2.17. The first kappa shape index (κ1) is 12.9. The Kier molecular flexibility index (Phi) is 6.32. The maximum absolute atomic E-state index is 10.2. The number of hydrogen-bond acceptors (Lipinski definition) is 6. The number of carbonyl (C=O) groups excluding carboxylic acids is 1. The van der Waals surface area contributed by atoms with Gasteiger partial charge in [-0.25, -0.2) is 0 Å². The zero-order chi connectivity index (χ0) is 10.4. The summed E-state index contributed by atoms with van der Waals surface area (Å²) in [6.45, 7) is -0.708. The van der Waals surface area contributed by atoms with Gasteiger partial charge in [0.1, 0.15) is 24.4 Å². The summed E-state index contributed by atoms with van der Waals surface area (Å²) in [6.07, 6.45) is -5.66. The zero-order valence-corrected chi connectivity index (χ0v) is 7.93. The second-order valence-corrected chi connectivity index (χ2v) is 2.74. The van der Waals surface area contributed by atoms with E-state index in [0.717, 1.165) is 0 Å². The van der Waals surface area contributed by atoms with Crippen LogP contribution in [0.1, 0.15) is 0 Å². The normalized spacial score (nSPS) is 20.4. The van der Waals surface area contributed by atoms with Crippen LogP contribution in [-0.2, 0) is 9.32 Å². The third-order valence-corrected chi connectivity index (χ3v) is 1.87. The summed E-state index contributed by atoms with van der Waals surface area (Å²) in [6, 6.07) is 0. The highest BCUT2D eigenvalue weighted by Crippen LogP contribution is 2.08. The Bertz CT molecular complexity index is 154. The van der Waals surface area contributed by atoms with Crippen molar-refractivity contribution >= 4 is 15.8 Å². The van der Waals surface area contributed by atoms with Crippen molar-refractivity contribution in [1.29, 1.82) is 0 Å². The van der Waals surface area contributed by atoms with Crippen molar-refractivity contribution < 1.29 is 29.7 Å². The molecule has 13 heavy (non-hydrogen) atoms. The van der Waals surface area contributed by atoms with E-state index in [4.69, 9.17) is 15.3 Å². The molecule has 0 amide bonds. The van der Waals surface area contributed by atoms with Crippen LogP contribution in [0.15, 0.2) is 0 Å². The maximum atomic E-state index is 10.2. The van der Waals surface area contributed by atoms with Crippen LogP contribution in [0.4, 0.5) is 0 Å². The highest BCUT2D eigenvalue weighted by molar-refractivity contribution is 7.09. The zero-order valence-electron chi connectivity index (χ0n) is 6.78. The lowest BCUT2D eigenvalue weighted by atomic mass is 10.0. The average molecular weight is 212 g/mol. The van der Waals surface area contributed by atoms with Gasteiger partial charge in [0.15, 0.2) is 6.29 Å². The molecule has 5 atom stereocenters. The number of aliphatic hydroxyl groups is 4. The van der Waals surface area contributed by atoms with Gasteiger partial charge in [-0.2, -0.15) is 0 Å². The molecule has 0 saturated heterocycles. The lowest BCUT2D eigenvalue weighted by Gasteiger charge is -2.24. The van der Waals surface area contributed by atoms with E-state index in [0.29, 0.717) is 0 Å². The second-order valence-electron chi connectivity index (χ2n) is 2.47. The van der Waals surface area contributed by atoms with Crippen LogP contribution in [0, 0.1) is 0 Å². The molecule has 0 aliphatic heterocycles. The molecule has 4 N–H and O–H groups in total. The monoisotopic (exact) mass is 212 g/mol. The van der Waals surface area contributed by atoms with Gasteiger partial charge >= 0.3 is 0 Å². The maximum Gasteiger partial charge on any atom is 0.151 e. The van der Waals surface area contributed by atoms with E-state index in [2.05, 4.69) is 4.52 Å². The molecule has 0 spiro atoms. The molecule has 0 aliphatic carbocycles. The van der Waals surface area contributed by atoms with E-state index in [1.807, 2.05) is 0 Å². The van der Waals surface area contributed by atoms with Crippen LogP contribution in [0.3, 0.4) is 0 Å². The largest absolute Gasteiger partial charge is 0.394 e. The number of hydrogen-bond donors (Lipinski definition) is 4. The SMILES string of the molecule is O=CC(OP)C(O)C(O)C(O)CO. The molecule has 0 aromatic heterocycles. The van der Waals surface area contributed by atoms with E-state index in [1.54, 1.807) is 9.47 Å². The fourth-order valence-corrected chi connectivity index (χ4v) is 0.948. The lowest BCUT2D eigenvalue weighted by molar-refractivity contribution is -0.131. The summed E-state index contributed by atoms with van der Waals surface area (Å²) in [4.78, 5) is 10.2. The molecule has 0 heterocycles. The minimum Gasteiger partial charge on any atom is -0.394 e. The Morgan fingerprint density at radius 2 is 1.85 bits per heavy atom. The van der Waals surface area contributed by atoms with Gasteiger partial charge < -0.3 is 29.7 Å². The van der Waals surface area contributed by atoms with E-state index in [9.17, 15) is 9.90 Å². The van der Waals surface area contributed by atoms with Crippen molar-refractivity contribution in [2.45, 2.75) is 24.4 Å². The summed E-state index contributed by atoms with van der Waals surface area (Å²) in [7, 11) is 1.75. The van der Waals surface area contributed by atoms with Crippen molar-refractivity contribution in [1.82, 2.24) is 0 Å². The number of aliphatic hydroxyl groups excluding tert-OH is 4. The third kappa shape index (κ3) is 3.64. The summed E-state index contributed by atoms with van der Waals surface area (Å²) in [5, 5.41) is 35.6. The van der Waals surface area contributed by atoms with Crippen LogP contribution in [0.5, 0.6) is 0 Å². The minimum atomic E-state index is -1.62. The van der Waals surface area contributed by atoms with Gasteiger partial charge in [0, 0.05) is 9.47 Å². The standard InChI is InChI=1S/C6H13O6P/c7-1-3(9)5(10)6(11)4(2-8)12-13/h2-7,9-11H,1,13H2. The molecular weight excluding hydrogens is 199 g/mol. The lowest BCUT2D eigenvalue weighted by Crippen LogP contribution is -2.46. The van der Waals surface area contributed by atoms with Crippen molar-refractivity contribution in [2.75, 3.05) is 6.61 Å². The Hall–Kier alpha value is -0.100. The molecule has 6 nitrogen and oxygen atoms in total. The molecule has 78 valence electrons. The van der Waals surface area contributed by atoms with Gasteiger partial charge in [0.05, 0.1) is 6.61 Å². The Morgan fingerprint density at radius 1 is 1.31 bits per heavy atom. The first-order valence-corrected chi connectivity index (χ1v) is 4.01. The van der Waals surface area contributed by atoms with Gasteiger partial charge in [0.2, 0.25) is 0 Å². The van der Waals surface area contributed by atoms with Crippen molar-refractivity contribution in [3.8, 4) is 0 Å². The molecule has 5 unspecified atom stereocenters. The number of carbonyl (C=O) groups is 1. The van der Waals surface area contributed by atoms with Crippen LogP contribution in [-0.4, -0.2) is 57.7 Å². The Morgan fingerprint density at radius 3 is 2.15 bits per heavy atom. The molecule has 7 heteroatoms. The van der Waals surface area contributed by atoms with E-state index >= 15 is 0 Å². The van der Waals surface area contributed by atoms with Gasteiger partial charge in [-0.15, -0.1) is 0 Å². The van der Waals surface area contributed by atoms with Crippen LogP contribution in [0.2, 0.25) is 0 Å². The predicted octanol–water partition coefficient (Wildman–Crippen LogP) is -2.56. The van der Waals surface area contributed by atoms with E-state index < -0.39 is 31.0 Å². The molecule has 0 rings (SSSR count). The summed E-state index contributed by atoms with van der Waals surface area (Å²) >= 11 is 0. The first-order chi connectivity index (χ1) is 6.08. The predicted molar refractivity (Wildman–Crippen MR) is 45.8 cm³/mol. The molecule has 0 aliphatic rings. The Labute approximate surface area is 77.4 Å². The first-order valence-electron chi connectivity index (χ1n) is 3.54. The van der Waals surface area contributed by atoms with Crippen molar-refractivity contribution in [3.63, 3.8) is 0 Å². The molecule has 0 fully saturated rings. The van der Waals surface area contributed by atoms with Gasteiger partial charge in [-0.1, -0.05) is 0 Å². The van der Waals surface area contributed by atoms with E-state index in [1.165, 1.54) is 0 Å². The molecule has 0 aromatic rings.